The van der Waals surface area contributed by atoms with Gasteiger partial charge in [-0.1, -0.05) is 24.3 Å². The molecular weight excluding hydrogens is 268 g/mol. The lowest BCUT2D eigenvalue weighted by Gasteiger charge is -2.08. The van der Waals surface area contributed by atoms with Crippen molar-refractivity contribution in [3.63, 3.8) is 0 Å². The van der Waals surface area contributed by atoms with Gasteiger partial charge in [0.05, 0.1) is 11.5 Å². The van der Waals surface area contributed by atoms with Crippen molar-refractivity contribution in [1.29, 1.82) is 0 Å². The number of ketones is 1. The van der Waals surface area contributed by atoms with E-state index in [0.29, 0.717) is 28.0 Å². The molecule has 1 aromatic heterocycles. The van der Waals surface area contributed by atoms with Crippen molar-refractivity contribution in [2.24, 2.45) is 0 Å². The van der Waals surface area contributed by atoms with Crippen LogP contribution in [-0.4, -0.2) is 5.78 Å². The molecule has 0 aliphatic carbocycles. The maximum absolute atomic E-state index is 11.6. The lowest BCUT2D eigenvalue weighted by atomic mass is 10.1. The highest BCUT2D eigenvalue weighted by molar-refractivity contribution is 5.94. The van der Waals surface area contributed by atoms with Crippen molar-refractivity contribution in [1.82, 2.24) is 0 Å². The first kappa shape index (κ1) is 13.1. The zero-order chi connectivity index (χ0) is 14.8. The fourth-order valence-corrected chi connectivity index (χ4v) is 2.07. The third-order valence-electron chi connectivity index (χ3n) is 3.08. The van der Waals surface area contributed by atoms with Gasteiger partial charge < -0.3 is 9.15 Å². The van der Waals surface area contributed by atoms with E-state index >= 15 is 0 Å². The van der Waals surface area contributed by atoms with Crippen LogP contribution in [0.25, 0.3) is 11.0 Å². The predicted octanol–water partition coefficient (Wildman–Crippen LogP) is 3.79. The molecule has 0 fully saturated rings. The highest BCUT2D eigenvalue weighted by atomic mass is 16.5. The summed E-state index contributed by atoms with van der Waals surface area (Å²) in [6, 6.07) is 15.3. The van der Waals surface area contributed by atoms with Crippen LogP contribution in [0.4, 0.5) is 0 Å². The molecule has 0 amide bonds. The summed E-state index contributed by atoms with van der Waals surface area (Å²) in [7, 11) is 0. The molecular formula is C17H12O4. The van der Waals surface area contributed by atoms with Crippen LogP contribution in [0.1, 0.15) is 17.3 Å². The monoisotopic (exact) mass is 280 g/mol. The predicted molar refractivity (Wildman–Crippen MR) is 79.0 cm³/mol. The fraction of sp³-hybridized carbons (Fsp3) is 0.0588. The number of Topliss-reactive ketones (excluding diaryl/α,β-unsaturated/α-hetero) is 1. The van der Waals surface area contributed by atoms with Crippen LogP contribution in [0.5, 0.6) is 11.5 Å². The van der Waals surface area contributed by atoms with Gasteiger partial charge in [0.1, 0.15) is 17.1 Å². The van der Waals surface area contributed by atoms with Crippen LogP contribution < -0.4 is 10.4 Å². The number of ether oxygens (including phenoxy) is 1. The molecule has 0 bridgehead atoms. The van der Waals surface area contributed by atoms with E-state index in [4.69, 9.17) is 9.15 Å². The maximum Gasteiger partial charge on any atom is 0.339 e. The van der Waals surface area contributed by atoms with E-state index < -0.39 is 5.63 Å². The number of benzene rings is 2. The molecule has 1 heterocycles. The molecule has 0 unspecified atom stereocenters. The molecule has 2 aromatic carbocycles. The summed E-state index contributed by atoms with van der Waals surface area (Å²) >= 11 is 0. The van der Waals surface area contributed by atoms with Crippen molar-refractivity contribution in [2.75, 3.05) is 0 Å². The van der Waals surface area contributed by atoms with E-state index in [2.05, 4.69) is 0 Å². The van der Waals surface area contributed by atoms with Gasteiger partial charge >= 0.3 is 5.63 Å². The summed E-state index contributed by atoms with van der Waals surface area (Å²) in [4.78, 5) is 23.0. The molecule has 0 saturated carbocycles. The SMILES string of the molecule is CC(=O)c1cccc(Oc2cc(=O)oc3ccccc23)c1. The van der Waals surface area contributed by atoms with Crippen molar-refractivity contribution in [3.8, 4) is 11.5 Å². The molecule has 3 aromatic rings. The van der Waals surface area contributed by atoms with Crippen LogP contribution in [0.15, 0.2) is 63.8 Å². The van der Waals surface area contributed by atoms with Crippen molar-refractivity contribution in [2.45, 2.75) is 6.92 Å². The quantitative estimate of drug-likeness (QED) is 0.541. The van der Waals surface area contributed by atoms with Crippen molar-refractivity contribution >= 4 is 16.8 Å². The van der Waals surface area contributed by atoms with Gasteiger partial charge in [0.15, 0.2) is 5.78 Å². The van der Waals surface area contributed by atoms with Gasteiger partial charge in [-0.05, 0) is 31.2 Å². The lowest BCUT2D eigenvalue weighted by molar-refractivity contribution is 0.101. The van der Waals surface area contributed by atoms with Crippen molar-refractivity contribution in [3.05, 3.63) is 70.6 Å². The molecule has 104 valence electrons. The van der Waals surface area contributed by atoms with E-state index in [9.17, 15) is 9.59 Å². The van der Waals surface area contributed by atoms with Gasteiger partial charge in [0.25, 0.3) is 0 Å². The molecule has 0 atom stereocenters. The first-order valence-corrected chi connectivity index (χ1v) is 6.45. The summed E-state index contributed by atoms with van der Waals surface area (Å²) in [5, 5.41) is 0.699. The second kappa shape index (κ2) is 5.25. The Hall–Kier alpha value is -2.88. The second-order valence-corrected chi connectivity index (χ2v) is 4.61. The average molecular weight is 280 g/mol. The van der Waals surface area contributed by atoms with E-state index in [0.717, 1.165) is 0 Å². The lowest BCUT2D eigenvalue weighted by Crippen LogP contribution is -1.99. The molecule has 21 heavy (non-hydrogen) atoms. The molecule has 0 N–H and O–H groups in total. The van der Waals surface area contributed by atoms with Crippen LogP contribution in [0.2, 0.25) is 0 Å². The minimum atomic E-state index is -0.480. The van der Waals surface area contributed by atoms with Crippen LogP contribution >= 0.6 is 0 Å². The molecule has 0 radical (unpaired) electrons. The van der Waals surface area contributed by atoms with Gasteiger partial charge in [-0.15, -0.1) is 0 Å². The summed E-state index contributed by atoms with van der Waals surface area (Å²) in [5.74, 6) is 0.860. The highest BCUT2D eigenvalue weighted by Crippen LogP contribution is 2.28. The standard InChI is InChI=1S/C17H12O4/c1-11(18)12-5-4-6-13(9-12)20-16-10-17(19)21-15-8-3-2-7-14(15)16/h2-10H,1H3. The first-order valence-electron chi connectivity index (χ1n) is 6.45. The largest absolute Gasteiger partial charge is 0.456 e. The van der Waals surface area contributed by atoms with Crippen molar-refractivity contribution < 1.29 is 13.9 Å². The number of rotatable bonds is 3. The van der Waals surface area contributed by atoms with Gasteiger partial charge in [-0.25, -0.2) is 4.79 Å². The molecule has 0 spiro atoms. The Morgan fingerprint density at radius 2 is 1.86 bits per heavy atom. The van der Waals surface area contributed by atoms with E-state index in [1.165, 1.54) is 13.0 Å². The molecule has 3 rings (SSSR count). The fourth-order valence-electron chi connectivity index (χ4n) is 2.07. The Kier molecular flexibility index (Phi) is 3.28. The molecule has 0 aliphatic rings. The number of hydrogen-bond acceptors (Lipinski definition) is 4. The van der Waals surface area contributed by atoms with Gasteiger partial charge in [-0.3, -0.25) is 4.79 Å². The average Bonchev–Trinajstić information content (AvgIpc) is 2.47. The first-order chi connectivity index (χ1) is 10.1. The summed E-state index contributed by atoms with van der Waals surface area (Å²) in [6.07, 6.45) is 0. The molecule has 0 aliphatic heterocycles. The maximum atomic E-state index is 11.6. The zero-order valence-electron chi connectivity index (χ0n) is 11.3. The Morgan fingerprint density at radius 1 is 1.05 bits per heavy atom. The zero-order valence-corrected chi connectivity index (χ0v) is 11.3. The second-order valence-electron chi connectivity index (χ2n) is 4.61. The third kappa shape index (κ3) is 2.69. The molecule has 0 saturated heterocycles. The Morgan fingerprint density at radius 3 is 2.67 bits per heavy atom. The van der Waals surface area contributed by atoms with E-state index in [1.54, 1.807) is 36.4 Å². The molecule has 4 nitrogen and oxygen atoms in total. The Labute approximate surface area is 120 Å². The molecule has 4 heteroatoms. The van der Waals surface area contributed by atoms with Crippen LogP contribution in [0, 0.1) is 0 Å². The number of carbonyl (C=O) groups is 1. The number of para-hydroxylation sites is 1. The van der Waals surface area contributed by atoms with E-state index in [-0.39, 0.29) is 5.78 Å². The smallest absolute Gasteiger partial charge is 0.339 e. The normalized spacial score (nSPS) is 10.5. The third-order valence-corrected chi connectivity index (χ3v) is 3.08. The number of hydrogen-bond donors (Lipinski definition) is 0. The topological polar surface area (TPSA) is 56.5 Å². The summed E-state index contributed by atoms with van der Waals surface area (Å²) in [6.45, 7) is 1.49. The van der Waals surface area contributed by atoms with Crippen LogP contribution in [-0.2, 0) is 0 Å². The minimum Gasteiger partial charge on any atom is -0.456 e. The summed E-state index contributed by atoms with van der Waals surface area (Å²) in [5.41, 5.74) is 0.536. The Bertz CT molecular complexity index is 877. The van der Waals surface area contributed by atoms with Crippen LogP contribution in [0.3, 0.4) is 0 Å². The minimum absolute atomic E-state index is 0.0436. The highest BCUT2D eigenvalue weighted by Gasteiger charge is 2.08. The van der Waals surface area contributed by atoms with E-state index in [1.807, 2.05) is 12.1 Å². The van der Waals surface area contributed by atoms with Gasteiger partial charge in [0.2, 0.25) is 0 Å². The Balaban J connectivity index is 2.08. The van der Waals surface area contributed by atoms with Gasteiger partial charge in [0, 0.05) is 5.56 Å². The van der Waals surface area contributed by atoms with Gasteiger partial charge in [-0.2, -0.15) is 0 Å². The number of carbonyl (C=O) groups excluding carboxylic acids is 1. The number of fused-ring (bicyclic) bond motifs is 1. The summed E-state index contributed by atoms with van der Waals surface area (Å²) < 4.78 is 10.9.